The maximum atomic E-state index is 9.69. The van der Waals surface area contributed by atoms with E-state index in [0.717, 1.165) is 0 Å². The van der Waals surface area contributed by atoms with Gasteiger partial charge >= 0.3 is 92.1 Å². The molecule has 12 nitrogen and oxygen atoms in total. The first kappa shape index (κ1) is 33.4. The number of hydrogen-bond acceptors (Lipinski definition) is 12. The van der Waals surface area contributed by atoms with Gasteiger partial charge in [0.25, 0.3) is 0 Å². The van der Waals surface area contributed by atoms with E-state index in [9.17, 15) is 28.0 Å². The zero-order chi connectivity index (χ0) is 15.1. The van der Waals surface area contributed by atoms with Gasteiger partial charge in [-0.25, -0.2) is 10.5 Å². The normalized spacial score (nSPS) is 10.8. The minimum Gasteiger partial charge on any atom is -0.563 e. The Morgan fingerprint density at radius 1 is 0.750 bits per heavy atom. The molecular weight excluding hydrogens is 386 g/mol. The predicted molar refractivity (Wildman–Crippen MR) is 51.3 cm³/mol. The first-order chi connectivity index (χ1) is 8.33. The van der Waals surface area contributed by atoms with E-state index in [1.165, 1.54) is 0 Å². The Kier molecular flexibility index (Phi) is 43.1. The number of hydrogen-bond donors (Lipinski definition) is 2. The Bertz CT molecular complexity index is 269. The summed E-state index contributed by atoms with van der Waals surface area (Å²) in [5.41, 5.74) is 0. The quantitative estimate of drug-likeness (QED) is 0.144. The zero-order valence-corrected chi connectivity index (χ0v) is 17.8. The van der Waals surface area contributed by atoms with E-state index in [1.54, 1.807) is 0 Å². The van der Waals surface area contributed by atoms with Gasteiger partial charge < -0.3 is 9.79 Å². The van der Waals surface area contributed by atoms with Gasteiger partial charge in [0.1, 0.15) is 8.62 Å². The Morgan fingerprint density at radius 2 is 0.950 bits per heavy atom. The van der Waals surface area contributed by atoms with Crippen molar-refractivity contribution in [1.29, 1.82) is 0 Å². The van der Waals surface area contributed by atoms with E-state index < -0.39 is 33.0 Å². The van der Waals surface area contributed by atoms with Crippen LogP contribution >= 0.6 is 33.0 Å². The molecule has 0 fully saturated rings. The van der Waals surface area contributed by atoms with Crippen molar-refractivity contribution in [3.05, 3.63) is 13.2 Å². The molecule has 0 aromatic rings. The summed E-state index contributed by atoms with van der Waals surface area (Å²) in [6.07, 6.45) is 0. The van der Waals surface area contributed by atoms with Gasteiger partial charge in [0.2, 0.25) is 0 Å². The SMILES string of the molecule is C=C.O=[P+]([O-])O[P+](=O)OO.O=[P+]([O-])O[P+](=O)OO.[Na+].[Na+]. The van der Waals surface area contributed by atoms with Crippen LogP contribution in [0.4, 0.5) is 0 Å². The third-order valence-electron chi connectivity index (χ3n) is 0.400. The van der Waals surface area contributed by atoms with Crippen molar-refractivity contribution in [3.63, 3.8) is 0 Å². The van der Waals surface area contributed by atoms with E-state index in [0.29, 0.717) is 0 Å². The molecule has 0 aliphatic rings. The topological polar surface area (TPSA) is 192 Å². The van der Waals surface area contributed by atoms with Crippen LogP contribution in [0.3, 0.4) is 0 Å². The van der Waals surface area contributed by atoms with Crippen molar-refractivity contribution in [1.82, 2.24) is 0 Å². The standard InChI is InChI=1S/C2H4.2Na.2O6P2/c1-2;;;2*1-5-8(4)6-7(2)3/h1-2H2;;;;/q;2*+1;;/p+2. The van der Waals surface area contributed by atoms with Gasteiger partial charge in [-0.1, -0.05) is 0 Å². The average Bonchev–Trinajstić information content (AvgIpc) is 2.30. The van der Waals surface area contributed by atoms with Crippen LogP contribution in [-0.4, -0.2) is 10.5 Å². The van der Waals surface area contributed by atoms with Crippen molar-refractivity contribution in [2.45, 2.75) is 0 Å². The van der Waals surface area contributed by atoms with Crippen LogP contribution in [0, 0.1) is 0 Å². The van der Waals surface area contributed by atoms with Gasteiger partial charge in [0, 0.05) is 9.13 Å². The van der Waals surface area contributed by atoms with Gasteiger partial charge in [0.05, 0.1) is 9.35 Å². The maximum Gasteiger partial charge on any atom is 1.00 e. The van der Waals surface area contributed by atoms with Crippen LogP contribution < -0.4 is 68.9 Å². The fraction of sp³-hybridized carbons (Fsp3) is 0. The van der Waals surface area contributed by atoms with Gasteiger partial charge in [-0.05, 0) is 9.13 Å². The van der Waals surface area contributed by atoms with Crippen LogP contribution in [-0.2, 0) is 36.2 Å². The molecule has 4 unspecified atom stereocenters. The molecule has 20 heavy (non-hydrogen) atoms. The summed E-state index contributed by atoms with van der Waals surface area (Å²) in [6.45, 7) is 6.00. The van der Waals surface area contributed by atoms with Crippen LogP contribution in [0.15, 0.2) is 13.2 Å². The molecule has 4 atom stereocenters. The molecule has 0 aromatic carbocycles. The summed E-state index contributed by atoms with van der Waals surface area (Å²) in [7, 11) is -12.2. The summed E-state index contributed by atoms with van der Waals surface area (Å²) in [5.74, 6) is 0. The molecule has 0 bridgehead atoms. The average molecular weight is 392 g/mol. The smallest absolute Gasteiger partial charge is 0.563 e. The summed E-state index contributed by atoms with van der Waals surface area (Å²) in [6, 6.07) is 0. The molecule has 104 valence electrons. The molecule has 0 radical (unpaired) electrons. The van der Waals surface area contributed by atoms with Gasteiger partial charge in [-0.3, -0.25) is 0 Å². The van der Waals surface area contributed by atoms with Crippen molar-refractivity contribution in [2.75, 3.05) is 0 Å². The van der Waals surface area contributed by atoms with E-state index in [-0.39, 0.29) is 59.1 Å². The first-order valence-electron chi connectivity index (χ1n) is 3.06. The van der Waals surface area contributed by atoms with Crippen molar-refractivity contribution in [3.8, 4) is 0 Å². The number of rotatable bonds is 6. The Balaban J connectivity index is -0.0000000611. The second-order valence-corrected chi connectivity index (χ2v) is 4.64. The monoisotopic (exact) mass is 392 g/mol. The largest absolute Gasteiger partial charge is 1.00 e. The molecule has 2 N–H and O–H groups in total. The van der Waals surface area contributed by atoms with Crippen molar-refractivity contribution >= 4 is 33.0 Å². The molecule has 0 saturated heterocycles. The van der Waals surface area contributed by atoms with E-state index in [1.807, 2.05) is 0 Å². The minimum absolute atomic E-state index is 0. The van der Waals surface area contributed by atoms with Gasteiger partial charge in [-0.2, -0.15) is 0 Å². The fourth-order valence-corrected chi connectivity index (χ4v) is 1.25. The molecule has 0 heterocycles. The fourth-order valence-electron chi connectivity index (χ4n) is 0.139. The second-order valence-electron chi connectivity index (χ2n) is 1.22. The maximum absolute atomic E-state index is 9.69. The zero-order valence-electron chi connectivity index (χ0n) is 10.2. The molecular formula is C2H6Na2O12P4+4. The molecule has 0 spiro atoms. The first-order valence-corrected chi connectivity index (χ1v) is 7.44. The summed E-state index contributed by atoms with van der Waals surface area (Å²) < 4.78 is 50.9. The second kappa shape index (κ2) is 25.8. The Hall–Kier alpha value is 1.82. The minimum atomic E-state index is -3.21. The summed E-state index contributed by atoms with van der Waals surface area (Å²) in [4.78, 5) is 18.8. The van der Waals surface area contributed by atoms with Crippen LogP contribution in [0.25, 0.3) is 0 Å². The van der Waals surface area contributed by atoms with Crippen molar-refractivity contribution in [2.24, 2.45) is 0 Å². The third-order valence-corrected chi connectivity index (χ3v) is 2.80. The van der Waals surface area contributed by atoms with Crippen molar-refractivity contribution < 1.29 is 116 Å². The molecule has 0 saturated carbocycles. The van der Waals surface area contributed by atoms with E-state index in [2.05, 4.69) is 31.1 Å². The molecule has 0 aliphatic heterocycles. The summed E-state index contributed by atoms with van der Waals surface area (Å²) in [5, 5.41) is 14.8. The van der Waals surface area contributed by atoms with E-state index in [4.69, 9.17) is 10.5 Å². The Morgan fingerprint density at radius 3 is 1.00 bits per heavy atom. The Labute approximate surface area is 160 Å². The van der Waals surface area contributed by atoms with Crippen LogP contribution in [0.1, 0.15) is 0 Å². The summed E-state index contributed by atoms with van der Waals surface area (Å²) >= 11 is 0. The third kappa shape index (κ3) is 36.8. The predicted octanol–water partition coefficient (Wildman–Crippen LogP) is -4.85. The molecule has 0 rings (SSSR count). The molecule has 18 heteroatoms. The molecule has 0 aliphatic carbocycles. The van der Waals surface area contributed by atoms with Crippen LogP contribution in [0.5, 0.6) is 0 Å². The van der Waals surface area contributed by atoms with Gasteiger partial charge in [0.15, 0.2) is 0 Å². The van der Waals surface area contributed by atoms with Crippen LogP contribution in [0.2, 0.25) is 0 Å². The van der Waals surface area contributed by atoms with E-state index >= 15 is 0 Å². The van der Waals surface area contributed by atoms with Gasteiger partial charge in [-0.15, -0.1) is 13.2 Å². The molecule has 0 aromatic heterocycles. The molecule has 0 amide bonds.